The van der Waals surface area contributed by atoms with E-state index in [-0.39, 0.29) is 23.5 Å². The minimum absolute atomic E-state index is 0.119. The predicted molar refractivity (Wildman–Crippen MR) is 121 cm³/mol. The standard InChI is InChI=1S/C23H25NO7S/c1-5-28-23-21-16(25)10-20(31-17(21)11-18(22(23)27-4)29-13(2)3)32-15-8-6-14(7-9-15)30-19(26)12-24/h6-11,13H,5,12,24H2,1-4H3. The van der Waals surface area contributed by atoms with Crippen molar-refractivity contribution in [3.8, 4) is 23.0 Å². The van der Waals surface area contributed by atoms with Crippen LogP contribution in [-0.4, -0.2) is 32.3 Å². The molecule has 3 aromatic rings. The molecule has 0 saturated heterocycles. The number of esters is 1. The van der Waals surface area contributed by atoms with Crippen LogP contribution in [-0.2, 0) is 4.79 Å². The molecule has 2 aromatic carbocycles. The molecule has 0 amide bonds. The Morgan fingerprint density at radius 3 is 2.47 bits per heavy atom. The lowest BCUT2D eigenvalue weighted by molar-refractivity contribution is -0.132. The second-order valence-corrected chi connectivity index (χ2v) is 7.97. The quantitative estimate of drug-likeness (QED) is 0.375. The molecule has 0 aliphatic carbocycles. The van der Waals surface area contributed by atoms with E-state index in [4.69, 9.17) is 29.1 Å². The maximum Gasteiger partial charge on any atom is 0.325 e. The lowest BCUT2D eigenvalue weighted by atomic mass is 10.1. The van der Waals surface area contributed by atoms with Gasteiger partial charge in [-0.2, -0.15) is 0 Å². The minimum Gasteiger partial charge on any atom is -0.490 e. The second kappa shape index (κ2) is 10.4. The first-order valence-electron chi connectivity index (χ1n) is 10.0. The van der Waals surface area contributed by atoms with Crippen molar-refractivity contribution in [2.45, 2.75) is 36.9 Å². The number of hydrogen-bond acceptors (Lipinski definition) is 9. The fraction of sp³-hybridized carbons (Fsp3) is 0.304. The van der Waals surface area contributed by atoms with Gasteiger partial charge in [-0.3, -0.25) is 9.59 Å². The average Bonchev–Trinajstić information content (AvgIpc) is 2.74. The molecule has 0 bridgehead atoms. The van der Waals surface area contributed by atoms with Gasteiger partial charge in [0.25, 0.3) is 0 Å². The number of nitrogens with two attached hydrogens (primary N) is 1. The molecule has 0 aliphatic heterocycles. The molecule has 0 radical (unpaired) electrons. The van der Waals surface area contributed by atoms with E-state index < -0.39 is 5.97 Å². The van der Waals surface area contributed by atoms with Gasteiger partial charge in [0, 0.05) is 17.0 Å². The Labute approximate surface area is 189 Å². The number of hydrogen-bond donors (Lipinski definition) is 1. The highest BCUT2D eigenvalue weighted by molar-refractivity contribution is 7.99. The molecule has 0 spiro atoms. The maximum absolute atomic E-state index is 13.0. The lowest BCUT2D eigenvalue weighted by Gasteiger charge is -2.18. The van der Waals surface area contributed by atoms with Crippen LogP contribution in [0.5, 0.6) is 23.0 Å². The van der Waals surface area contributed by atoms with Gasteiger partial charge >= 0.3 is 5.97 Å². The highest BCUT2D eigenvalue weighted by Gasteiger charge is 2.22. The van der Waals surface area contributed by atoms with Gasteiger partial charge in [0.05, 0.1) is 26.4 Å². The lowest BCUT2D eigenvalue weighted by Crippen LogP contribution is -2.19. The Kier molecular flexibility index (Phi) is 7.66. The van der Waals surface area contributed by atoms with Crippen molar-refractivity contribution in [1.29, 1.82) is 0 Å². The van der Waals surface area contributed by atoms with Crippen LogP contribution in [0.15, 0.2) is 55.6 Å². The third-order valence-electron chi connectivity index (χ3n) is 4.17. The van der Waals surface area contributed by atoms with E-state index in [1.807, 2.05) is 20.8 Å². The normalized spacial score (nSPS) is 10.9. The fourth-order valence-electron chi connectivity index (χ4n) is 2.96. The summed E-state index contributed by atoms with van der Waals surface area (Å²) in [4.78, 5) is 25.1. The molecule has 9 heteroatoms. The van der Waals surface area contributed by atoms with E-state index in [1.165, 1.54) is 24.9 Å². The van der Waals surface area contributed by atoms with E-state index in [0.717, 1.165) is 4.90 Å². The molecule has 0 atom stereocenters. The molecule has 170 valence electrons. The molecule has 3 rings (SSSR count). The molecule has 0 aliphatic rings. The van der Waals surface area contributed by atoms with E-state index in [2.05, 4.69) is 0 Å². The van der Waals surface area contributed by atoms with Gasteiger partial charge in [0.15, 0.2) is 22.0 Å². The summed E-state index contributed by atoms with van der Waals surface area (Å²) in [6.07, 6.45) is -0.119. The molecule has 32 heavy (non-hydrogen) atoms. The van der Waals surface area contributed by atoms with Crippen molar-refractivity contribution in [3.05, 3.63) is 46.6 Å². The van der Waals surface area contributed by atoms with Crippen molar-refractivity contribution in [1.82, 2.24) is 0 Å². The van der Waals surface area contributed by atoms with Gasteiger partial charge in [-0.25, -0.2) is 0 Å². The zero-order valence-electron chi connectivity index (χ0n) is 18.3. The molecule has 1 heterocycles. The summed E-state index contributed by atoms with van der Waals surface area (Å²) in [7, 11) is 1.50. The van der Waals surface area contributed by atoms with Crippen LogP contribution >= 0.6 is 11.8 Å². The smallest absolute Gasteiger partial charge is 0.325 e. The van der Waals surface area contributed by atoms with E-state index in [1.54, 1.807) is 30.3 Å². The Morgan fingerprint density at radius 2 is 1.88 bits per heavy atom. The highest BCUT2D eigenvalue weighted by atomic mass is 32.2. The first kappa shape index (κ1) is 23.5. The van der Waals surface area contributed by atoms with Crippen LogP contribution in [0, 0.1) is 0 Å². The van der Waals surface area contributed by atoms with Crippen molar-refractivity contribution in [2.75, 3.05) is 20.3 Å². The summed E-state index contributed by atoms with van der Waals surface area (Å²) in [6.45, 7) is 5.74. The predicted octanol–water partition coefficient (Wildman–Crippen LogP) is 4.00. The first-order chi connectivity index (χ1) is 15.4. The van der Waals surface area contributed by atoms with Crippen LogP contribution in [0.2, 0.25) is 0 Å². The Morgan fingerprint density at radius 1 is 1.16 bits per heavy atom. The number of carbonyl (C=O) groups excluding carboxylic acids is 1. The summed E-state index contributed by atoms with van der Waals surface area (Å²) in [5.41, 5.74) is 5.31. The summed E-state index contributed by atoms with van der Waals surface area (Å²) in [5, 5.41) is 0.672. The van der Waals surface area contributed by atoms with Crippen molar-refractivity contribution < 1.29 is 28.2 Å². The summed E-state index contributed by atoms with van der Waals surface area (Å²) in [6, 6.07) is 9.82. The van der Waals surface area contributed by atoms with Gasteiger partial charge in [0.1, 0.15) is 16.7 Å². The van der Waals surface area contributed by atoms with Crippen molar-refractivity contribution in [2.24, 2.45) is 5.73 Å². The van der Waals surface area contributed by atoms with Crippen LogP contribution < -0.4 is 30.1 Å². The van der Waals surface area contributed by atoms with Crippen molar-refractivity contribution >= 4 is 28.7 Å². The Hall–Kier alpha value is -3.17. The number of rotatable bonds is 9. The van der Waals surface area contributed by atoms with E-state index in [0.29, 0.717) is 40.3 Å². The third kappa shape index (κ3) is 5.35. The zero-order chi connectivity index (χ0) is 23.3. The van der Waals surface area contributed by atoms with Gasteiger partial charge < -0.3 is 29.1 Å². The first-order valence-corrected chi connectivity index (χ1v) is 10.8. The molecule has 0 unspecified atom stereocenters. The number of ether oxygens (including phenoxy) is 4. The highest BCUT2D eigenvalue weighted by Crippen LogP contribution is 2.44. The van der Waals surface area contributed by atoms with E-state index in [9.17, 15) is 9.59 Å². The number of methoxy groups -OCH3 is 1. The van der Waals surface area contributed by atoms with Gasteiger partial charge in [0.2, 0.25) is 5.75 Å². The van der Waals surface area contributed by atoms with E-state index >= 15 is 0 Å². The van der Waals surface area contributed by atoms with Crippen molar-refractivity contribution in [3.63, 3.8) is 0 Å². The SMILES string of the molecule is CCOc1c(OC)c(OC(C)C)cc2oc(Sc3ccc(OC(=O)CN)cc3)cc(=O)c12. The molecular formula is C23H25NO7S. The van der Waals surface area contributed by atoms with Crippen LogP contribution in [0.4, 0.5) is 0 Å². The topological polar surface area (TPSA) is 110 Å². The fourth-order valence-corrected chi connectivity index (χ4v) is 3.76. The minimum atomic E-state index is -0.522. The molecule has 0 fully saturated rings. The molecule has 1 aromatic heterocycles. The summed E-state index contributed by atoms with van der Waals surface area (Å²) in [5.74, 6) is 0.928. The monoisotopic (exact) mass is 459 g/mol. The number of carbonyl (C=O) groups is 1. The Balaban J connectivity index is 2.01. The zero-order valence-corrected chi connectivity index (χ0v) is 19.1. The van der Waals surface area contributed by atoms with Gasteiger partial charge in [-0.1, -0.05) is 11.8 Å². The third-order valence-corrected chi connectivity index (χ3v) is 5.08. The Bertz CT molecular complexity index is 1160. The number of fused-ring (bicyclic) bond motifs is 1. The second-order valence-electron chi connectivity index (χ2n) is 6.89. The van der Waals surface area contributed by atoms with Crippen LogP contribution in [0.1, 0.15) is 20.8 Å². The molecule has 8 nitrogen and oxygen atoms in total. The molecular weight excluding hydrogens is 434 g/mol. The van der Waals surface area contributed by atoms with Crippen LogP contribution in [0.3, 0.4) is 0 Å². The molecule has 2 N–H and O–H groups in total. The number of benzene rings is 2. The largest absolute Gasteiger partial charge is 0.490 e. The average molecular weight is 460 g/mol. The molecule has 0 saturated carbocycles. The van der Waals surface area contributed by atoms with Gasteiger partial charge in [-0.15, -0.1) is 0 Å². The maximum atomic E-state index is 13.0. The van der Waals surface area contributed by atoms with Crippen LogP contribution in [0.25, 0.3) is 11.0 Å². The van der Waals surface area contributed by atoms with Gasteiger partial charge in [-0.05, 0) is 45.0 Å². The summed E-state index contributed by atoms with van der Waals surface area (Å²) < 4.78 is 28.2. The summed E-state index contributed by atoms with van der Waals surface area (Å²) >= 11 is 1.25.